The van der Waals surface area contributed by atoms with Crippen LogP contribution in [0.25, 0.3) is 0 Å². The van der Waals surface area contributed by atoms with E-state index < -0.39 is 29.1 Å². The Morgan fingerprint density at radius 3 is 2.38 bits per heavy atom. The lowest BCUT2D eigenvalue weighted by atomic mass is 9.70. The van der Waals surface area contributed by atoms with E-state index in [0.717, 1.165) is 11.1 Å². The van der Waals surface area contributed by atoms with Crippen molar-refractivity contribution in [2.75, 3.05) is 21.2 Å². The molecule has 2 aromatic carbocycles. The maximum Gasteiger partial charge on any atom is 0.228 e. The third-order valence-corrected chi connectivity index (χ3v) is 7.24. The zero-order valence-electron chi connectivity index (χ0n) is 19.6. The van der Waals surface area contributed by atoms with Crippen LogP contribution in [0.5, 0.6) is 11.5 Å². The number of rotatable bonds is 4. The SMILES string of the molecule is COc1cncc2c1[C@]1(O)[C@H](O)[C@H](C(=O)N(C)C)[C@@H](c3ccccc3)[C@]1(c1ccc(C)cc1)O2. The predicted molar refractivity (Wildman–Crippen MR) is 126 cm³/mol. The molecule has 1 aliphatic heterocycles. The molecule has 176 valence electrons. The van der Waals surface area contributed by atoms with E-state index >= 15 is 0 Å². The smallest absolute Gasteiger partial charge is 0.228 e. The monoisotopic (exact) mass is 460 g/mol. The quantitative estimate of drug-likeness (QED) is 0.622. The summed E-state index contributed by atoms with van der Waals surface area (Å²) in [5.41, 5.74) is -0.722. The van der Waals surface area contributed by atoms with Crippen LogP contribution in [-0.4, -0.2) is 53.3 Å². The van der Waals surface area contributed by atoms with Gasteiger partial charge in [0, 0.05) is 20.0 Å². The molecule has 5 atom stereocenters. The first-order valence-corrected chi connectivity index (χ1v) is 11.2. The number of nitrogens with zero attached hydrogens (tertiary/aromatic N) is 2. The number of aromatic nitrogens is 1. The summed E-state index contributed by atoms with van der Waals surface area (Å²) in [5.74, 6) is -1.37. The lowest BCUT2D eigenvalue weighted by molar-refractivity contribution is -0.156. The molecule has 2 aliphatic rings. The van der Waals surface area contributed by atoms with Crippen molar-refractivity contribution < 1.29 is 24.5 Å². The Kier molecular flexibility index (Phi) is 5.15. The number of hydrogen-bond acceptors (Lipinski definition) is 6. The summed E-state index contributed by atoms with van der Waals surface area (Å²) >= 11 is 0. The number of amides is 1. The van der Waals surface area contributed by atoms with Gasteiger partial charge < -0.3 is 24.6 Å². The van der Waals surface area contributed by atoms with E-state index in [-0.39, 0.29) is 11.7 Å². The van der Waals surface area contributed by atoms with Crippen LogP contribution in [-0.2, 0) is 16.0 Å². The Hall–Kier alpha value is -3.42. The van der Waals surface area contributed by atoms with Crippen molar-refractivity contribution in [3.63, 3.8) is 0 Å². The summed E-state index contributed by atoms with van der Waals surface area (Å²) in [6.45, 7) is 1.97. The maximum atomic E-state index is 13.6. The molecule has 1 fully saturated rings. The maximum absolute atomic E-state index is 13.6. The number of aliphatic hydroxyl groups is 2. The van der Waals surface area contributed by atoms with Crippen molar-refractivity contribution in [2.24, 2.45) is 5.92 Å². The number of carbonyl (C=O) groups is 1. The number of methoxy groups -OCH3 is 1. The fourth-order valence-corrected chi connectivity index (χ4v) is 5.77. The summed E-state index contributed by atoms with van der Waals surface area (Å²) in [5, 5.41) is 24.5. The van der Waals surface area contributed by atoms with Crippen molar-refractivity contribution in [1.82, 2.24) is 9.88 Å². The fourth-order valence-electron chi connectivity index (χ4n) is 5.77. The molecule has 3 aromatic rings. The fraction of sp³-hybridized carbons (Fsp3) is 0.333. The summed E-state index contributed by atoms with van der Waals surface area (Å²) in [7, 11) is 4.77. The minimum Gasteiger partial charge on any atom is -0.495 e. The number of pyridine rings is 1. The third-order valence-electron chi connectivity index (χ3n) is 7.24. The molecular weight excluding hydrogens is 432 g/mol. The zero-order chi connectivity index (χ0) is 24.3. The second kappa shape index (κ2) is 7.82. The van der Waals surface area contributed by atoms with Crippen molar-refractivity contribution >= 4 is 5.91 Å². The van der Waals surface area contributed by atoms with Crippen LogP contribution < -0.4 is 9.47 Å². The molecule has 1 aliphatic carbocycles. The highest BCUT2D eigenvalue weighted by molar-refractivity contribution is 5.82. The van der Waals surface area contributed by atoms with E-state index in [1.54, 1.807) is 14.1 Å². The van der Waals surface area contributed by atoms with Crippen LogP contribution in [0.15, 0.2) is 67.0 Å². The minimum atomic E-state index is -1.98. The molecule has 2 heterocycles. The summed E-state index contributed by atoms with van der Waals surface area (Å²) < 4.78 is 12.2. The second-order valence-corrected chi connectivity index (χ2v) is 9.28. The molecule has 1 amide bonds. The van der Waals surface area contributed by atoms with E-state index in [1.165, 1.54) is 24.4 Å². The average Bonchev–Trinajstić information content (AvgIpc) is 3.22. The van der Waals surface area contributed by atoms with Crippen molar-refractivity contribution in [3.8, 4) is 11.5 Å². The highest BCUT2D eigenvalue weighted by Crippen LogP contribution is 2.69. The van der Waals surface area contributed by atoms with Gasteiger partial charge in [0.2, 0.25) is 5.91 Å². The van der Waals surface area contributed by atoms with Crippen LogP contribution >= 0.6 is 0 Å². The van der Waals surface area contributed by atoms with Crippen LogP contribution in [0.1, 0.15) is 28.2 Å². The molecule has 34 heavy (non-hydrogen) atoms. The van der Waals surface area contributed by atoms with Gasteiger partial charge in [0.05, 0.1) is 31.0 Å². The number of aliphatic hydroxyl groups excluding tert-OH is 1. The average molecular weight is 461 g/mol. The Balaban J connectivity index is 1.89. The topological polar surface area (TPSA) is 92.1 Å². The lowest BCUT2D eigenvalue weighted by Crippen LogP contribution is -2.52. The number of benzene rings is 2. The Morgan fingerprint density at radius 1 is 1.09 bits per heavy atom. The van der Waals surface area contributed by atoms with Crippen LogP contribution in [0.3, 0.4) is 0 Å². The third kappa shape index (κ3) is 2.77. The molecule has 1 aromatic heterocycles. The van der Waals surface area contributed by atoms with Crippen LogP contribution in [0.2, 0.25) is 0 Å². The Morgan fingerprint density at radius 2 is 1.76 bits per heavy atom. The van der Waals surface area contributed by atoms with Gasteiger partial charge in [0.1, 0.15) is 17.6 Å². The molecule has 5 rings (SSSR count). The molecule has 0 spiro atoms. The van der Waals surface area contributed by atoms with Gasteiger partial charge >= 0.3 is 0 Å². The van der Waals surface area contributed by atoms with Crippen molar-refractivity contribution in [3.05, 3.63) is 89.2 Å². The number of fused-ring (bicyclic) bond motifs is 3. The van der Waals surface area contributed by atoms with Gasteiger partial charge in [0.15, 0.2) is 11.2 Å². The lowest BCUT2D eigenvalue weighted by Gasteiger charge is -2.40. The normalized spacial score (nSPS) is 29.2. The highest BCUT2D eigenvalue weighted by Gasteiger charge is 2.78. The molecular formula is C27H28N2O5. The molecule has 1 saturated carbocycles. The van der Waals surface area contributed by atoms with Gasteiger partial charge in [-0.1, -0.05) is 60.2 Å². The van der Waals surface area contributed by atoms with Gasteiger partial charge in [-0.15, -0.1) is 0 Å². The van der Waals surface area contributed by atoms with E-state index in [2.05, 4.69) is 4.98 Å². The van der Waals surface area contributed by atoms with Gasteiger partial charge in [-0.25, -0.2) is 0 Å². The molecule has 0 bridgehead atoms. The van der Waals surface area contributed by atoms with Crippen molar-refractivity contribution in [1.29, 1.82) is 0 Å². The van der Waals surface area contributed by atoms with Crippen LogP contribution in [0, 0.1) is 12.8 Å². The first-order valence-electron chi connectivity index (χ1n) is 11.2. The highest BCUT2D eigenvalue weighted by atomic mass is 16.5. The van der Waals surface area contributed by atoms with Gasteiger partial charge in [-0.3, -0.25) is 9.78 Å². The molecule has 0 radical (unpaired) electrons. The minimum absolute atomic E-state index is 0.290. The predicted octanol–water partition coefficient (Wildman–Crippen LogP) is 2.74. The number of aryl methyl sites for hydroxylation is 1. The first kappa shape index (κ1) is 22.4. The van der Waals surface area contributed by atoms with E-state index in [9.17, 15) is 15.0 Å². The summed E-state index contributed by atoms with van der Waals surface area (Å²) in [6.07, 6.45) is 1.52. The van der Waals surface area contributed by atoms with E-state index in [1.807, 2.05) is 61.5 Å². The van der Waals surface area contributed by atoms with Gasteiger partial charge in [-0.2, -0.15) is 0 Å². The number of carbonyl (C=O) groups excluding carboxylic acids is 1. The van der Waals surface area contributed by atoms with Gasteiger partial charge in [-0.05, 0) is 18.1 Å². The zero-order valence-corrected chi connectivity index (χ0v) is 19.6. The van der Waals surface area contributed by atoms with Gasteiger partial charge in [0.25, 0.3) is 0 Å². The summed E-state index contributed by atoms with van der Waals surface area (Å²) in [6, 6.07) is 17.1. The standard InChI is InChI=1S/C27H28N2O5/c1-16-10-12-18(13-11-16)27-22(17-8-6-5-7-9-17)21(25(31)29(2)3)24(30)26(27,32)23-19(33-4)14-28-15-20(23)34-27/h5-15,21-22,24,30,32H,1-4H3/t21-,22-,24-,26+,27+/m1/s1. The Bertz CT molecular complexity index is 1230. The molecule has 7 nitrogen and oxygen atoms in total. The number of hydrogen-bond donors (Lipinski definition) is 2. The number of ether oxygens (including phenoxy) is 2. The molecule has 0 unspecified atom stereocenters. The molecule has 7 heteroatoms. The summed E-state index contributed by atoms with van der Waals surface area (Å²) in [4.78, 5) is 19.2. The molecule has 2 N–H and O–H groups in total. The second-order valence-electron chi connectivity index (χ2n) is 9.28. The first-order chi connectivity index (χ1) is 16.3. The van der Waals surface area contributed by atoms with E-state index in [0.29, 0.717) is 16.9 Å². The Labute approximate surface area is 198 Å². The van der Waals surface area contributed by atoms with Crippen molar-refractivity contribution in [2.45, 2.75) is 30.1 Å². The molecule has 0 saturated heterocycles. The largest absolute Gasteiger partial charge is 0.495 e. The van der Waals surface area contributed by atoms with Crippen LogP contribution in [0.4, 0.5) is 0 Å². The van der Waals surface area contributed by atoms with E-state index in [4.69, 9.17) is 9.47 Å².